The molecule has 0 aliphatic rings. The molecule has 16 heavy (non-hydrogen) atoms. The van der Waals surface area contributed by atoms with Crippen LogP contribution in [0.3, 0.4) is 0 Å². The predicted octanol–water partition coefficient (Wildman–Crippen LogP) is 3.17. The number of nitrogens with zero attached hydrogens (tertiary/aromatic N) is 1. The minimum atomic E-state index is 0.794. The summed E-state index contributed by atoms with van der Waals surface area (Å²) in [4.78, 5) is 1.09. The van der Waals surface area contributed by atoms with E-state index in [0.29, 0.717) is 0 Å². The van der Waals surface area contributed by atoms with E-state index in [2.05, 4.69) is 37.4 Å². The Bertz CT molecular complexity index is 369. The molecule has 0 aliphatic carbocycles. The van der Waals surface area contributed by atoms with Crippen LogP contribution in [0.25, 0.3) is 0 Å². The van der Waals surface area contributed by atoms with Gasteiger partial charge in [-0.05, 0) is 36.4 Å². The average Bonchev–Trinajstić information content (AvgIpc) is 2.31. The van der Waals surface area contributed by atoms with Crippen molar-refractivity contribution in [2.45, 2.75) is 31.7 Å². The van der Waals surface area contributed by atoms with Gasteiger partial charge in [0.05, 0.1) is 5.56 Å². The molecule has 86 valence electrons. The molecule has 0 heterocycles. The number of nitrogens with one attached hydrogen (secondary N) is 1. The summed E-state index contributed by atoms with van der Waals surface area (Å²) in [5, 5.41) is 12.4. The lowest BCUT2D eigenvalue weighted by atomic mass is 10.1. The Balaban J connectivity index is 2.71. The van der Waals surface area contributed by atoms with Crippen LogP contribution in [0.5, 0.6) is 0 Å². The molecule has 0 aliphatic heterocycles. The van der Waals surface area contributed by atoms with Gasteiger partial charge in [-0.1, -0.05) is 19.9 Å². The third-order valence-corrected chi connectivity index (χ3v) is 3.18. The van der Waals surface area contributed by atoms with Crippen molar-refractivity contribution in [3.8, 4) is 6.07 Å². The second kappa shape index (κ2) is 7.32. The standard InChI is InChI=1S/C13H18N2S/c1-3-7-15-10-11-5-6-13(16-4-2)12(8-11)9-14/h5-6,8,15H,3-4,7,10H2,1-2H3. The van der Waals surface area contributed by atoms with Crippen LogP contribution in [0.4, 0.5) is 0 Å². The highest BCUT2D eigenvalue weighted by Gasteiger charge is 2.03. The SMILES string of the molecule is CCCNCc1ccc(SCC)c(C#N)c1. The van der Waals surface area contributed by atoms with Crippen molar-refractivity contribution >= 4 is 11.8 Å². The highest BCUT2D eigenvalue weighted by atomic mass is 32.2. The Morgan fingerprint density at radius 3 is 2.81 bits per heavy atom. The molecule has 0 saturated heterocycles. The van der Waals surface area contributed by atoms with Gasteiger partial charge in [0.1, 0.15) is 6.07 Å². The van der Waals surface area contributed by atoms with Crippen LogP contribution >= 0.6 is 11.8 Å². The number of hydrogen-bond donors (Lipinski definition) is 1. The molecular formula is C13H18N2S. The lowest BCUT2D eigenvalue weighted by molar-refractivity contribution is 0.675. The highest BCUT2D eigenvalue weighted by Crippen LogP contribution is 2.22. The first kappa shape index (κ1) is 13.1. The zero-order valence-electron chi connectivity index (χ0n) is 9.92. The summed E-state index contributed by atoms with van der Waals surface area (Å²) in [5.74, 6) is 1.00. The Morgan fingerprint density at radius 1 is 1.38 bits per heavy atom. The fourth-order valence-corrected chi connectivity index (χ4v) is 2.20. The van der Waals surface area contributed by atoms with E-state index in [0.717, 1.165) is 35.7 Å². The molecule has 1 aromatic carbocycles. The fraction of sp³-hybridized carbons (Fsp3) is 0.462. The smallest absolute Gasteiger partial charge is 0.100 e. The van der Waals surface area contributed by atoms with Gasteiger partial charge in [0.25, 0.3) is 0 Å². The monoisotopic (exact) mass is 234 g/mol. The number of rotatable bonds is 6. The van der Waals surface area contributed by atoms with Crippen molar-refractivity contribution in [2.75, 3.05) is 12.3 Å². The number of benzene rings is 1. The van der Waals surface area contributed by atoms with E-state index in [1.807, 2.05) is 6.07 Å². The van der Waals surface area contributed by atoms with Gasteiger partial charge >= 0.3 is 0 Å². The quantitative estimate of drug-likeness (QED) is 0.606. The number of hydrogen-bond acceptors (Lipinski definition) is 3. The van der Waals surface area contributed by atoms with E-state index < -0.39 is 0 Å². The van der Waals surface area contributed by atoms with Crippen LogP contribution < -0.4 is 5.32 Å². The van der Waals surface area contributed by atoms with Gasteiger partial charge in [-0.3, -0.25) is 0 Å². The summed E-state index contributed by atoms with van der Waals surface area (Å²) >= 11 is 1.72. The zero-order chi connectivity index (χ0) is 11.8. The molecule has 0 saturated carbocycles. The van der Waals surface area contributed by atoms with Crippen molar-refractivity contribution in [1.82, 2.24) is 5.32 Å². The predicted molar refractivity (Wildman–Crippen MR) is 69.6 cm³/mol. The van der Waals surface area contributed by atoms with Crippen molar-refractivity contribution in [1.29, 1.82) is 5.26 Å². The van der Waals surface area contributed by atoms with Crippen LogP contribution in [0.15, 0.2) is 23.1 Å². The number of thioether (sulfide) groups is 1. The molecule has 0 amide bonds. The molecule has 0 bridgehead atoms. The first-order chi connectivity index (χ1) is 7.81. The van der Waals surface area contributed by atoms with Gasteiger partial charge in [-0.2, -0.15) is 5.26 Å². The topological polar surface area (TPSA) is 35.8 Å². The zero-order valence-corrected chi connectivity index (χ0v) is 10.7. The van der Waals surface area contributed by atoms with E-state index in [9.17, 15) is 0 Å². The molecule has 0 aromatic heterocycles. The van der Waals surface area contributed by atoms with E-state index in [4.69, 9.17) is 5.26 Å². The van der Waals surface area contributed by atoms with Gasteiger partial charge in [-0.15, -0.1) is 11.8 Å². The summed E-state index contributed by atoms with van der Waals surface area (Å²) in [6.07, 6.45) is 1.13. The van der Waals surface area contributed by atoms with E-state index in [1.165, 1.54) is 5.56 Å². The maximum Gasteiger partial charge on any atom is 0.100 e. The molecule has 1 N–H and O–H groups in total. The third kappa shape index (κ3) is 3.88. The van der Waals surface area contributed by atoms with Gasteiger partial charge in [0.2, 0.25) is 0 Å². The second-order valence-electron chi connectivity index (χ2n) is 3.55. The maximum absolute atomic E-state index is 9.06. The second-order valence-corrected chi connectivity index (χ2v) is 4.86. The van der Waals surface area contributed by atoms with E-state index in [-0.39, 0.29) is 0 Å². The van der Waals surface area contributed by atoms with Crippen LogP contribution in [-0.4, -0.2) is 12.3 Å². The molecular weight excluding hydrogens is 216 g/mol. The Labute approximate surface area is 102 Å². The lowest BCUT2D eigenvalue weighted by Crippen LogP contribution is -2.13. The summed E-state index contributed by atoms with van der Waals surface area (Å²) in [6, 6.07) is 8.40. The Hall–Kier alpha value is -0.980. The van der Waals surface area contributed by atoms with Gasteiger partial charge in [0, 0.05) is 11.4 Å². The first-order valence-corrected chi connectivity index (χ1v) is 6.66. The van der Waals surface area contributed by atoms with Crippen LogP contribution in [0, 0.1) is 11.3 Å². The molecule has 2 nitrogen and oxygen atoms in total. The molecule has 0 unspecified atom stereocenters. The van der Waals surface area contributed by atoms with Crippen LogP contribution in [0.2, 0.25) is 0 Å². The van der Waals surface area contributed by atoms with E-state index in [1.54, 1.807) is 11.8 Å². The third-order valence-electron chi connectivity index (χ3n) is 2.22. The Kier molecular flexibility index (Phi) is 5.99. The van der Waals surface area contributed by atoms with Gasteiger partial charge < -0.3 is 5.32 Å². The molecule has 1 rings (SSSR count). The van der Waals surface area contributed by atoms with E-state index >= 15 is 0 Å². The lowest BCUT2D eigenvalue weighted by Gasteiger charge is -2.06. The van der Waals surface area contributed by atoms with Crippen molar-refractivity contribution in [2.24, 2.45) is 0 Å². The normalized spacial score (nSPS) is 10.1. The Morgan fingerprint density at radius 2 is 2.19 bits per heavy atom. The maximum atomic E-state index is 9.06. The van der Waals surface area contributed by atoms with Crippen molar-refractivity contribution in [3.63, 3.8) is 0 Å². The molecule has 0 spiro atoms. The first-order valence-electron chi connectivity index (χ1n) is 5.68. The average molecular weight is 234 g/mol. The molecule has 0 atom stereocenters. The minimum Gasteiger partial charge on any atom is -0.313 e. The van der Waals surface area contributed by atoms with Crippen LogP contribution in [-0.2, 0) is 6.54 Å². The van der Waals surface area contributed by atoms with Crippen molar-refractivity contribution < 1.29 is 0 Å². The minimum absolute atomic E-state index is 0.794. The summed E-state index contributed by atoms with van der Waals surface area (Å²) in [7, 11) is 0. The fourth-order valence-electron chi connectivity index (χ4n) is 1.47. The molecule has 1 aromatic rings. The summed E-state index contributed by atoms with van der Waals surface area (Å²) in [5.41, 5.74) is 1.98. The number of nitriles is 1. The molecule has 3 heteroatoms. The largest absolute Gasteiger partial charge is 0.313 e. The summed E-state index contributed by atoms with van der Waals surface area (Å²) in [6.45, 7) is 6.12. The molecule has 0 radical (unpaired) electrons. The molecule has 0 fully saturated rings. The highest BCUT2D eigenvalue weighted by molar-refractivity contribution is 7.99. The van der Waals surface area contributed by atoms with Crippen molar-refractivity contribution in [3.05, 3.63) is 29.3 Å². The van der Waals surface area contributed by atoms with Crippen LogP contribution in [0.1, 0.15) is 31.4 Å². The summed E-state index contributed by atoms with van der Waals surface area (Å²) < 4.78 is 0. The van der Waals surface area contributed by atoms with Gasteiger partial charge in [0.15, 0.2) is 0 Å². The van der Waals surface area contributed by atoms with Gasteiger partial charge in [-0.25, -0.2) is 0 Å².